The first-order valence-electron chi connectivity index (χ1n) is 7.55. The van der Waals surface area contributed by atoms with E-state index < -0.39 is 0 Å². The summed E-state index contributed by atoms with van der Waals surface area (Å²) in [7, 11) is 0. The Morgan fingerprint density at radius 2 is 2.24 bits per heavy atom. The zero-order chi connectivity index (χ0) is 14.8. The molecular formula is C17H20N2O2. The van der Waals surface area contributed by atoms with E-state index in [-0.39, 0.29) is 5.56 Å². The number of para-hydroxylation sites is 1. The van der Waals surface area contributed by atoms with Gasteiger partial charge in [-0.15, -0.1) is 0 Å². The number of rotatable bonds is 3. The molecule has 0 aliphatic carbocycles. The average Bonchev–Trinajstić information content (AvgIpc) is 2.50. The molecule has 4 heteroatoms. The third-order valence-corrected chi connectivity index (χ3v) is 3.88. The Balaban J connectivity index is 2.18. The molecule has 21 heavy (non-hydrogen) atoms. The fourth-order valence-corrected chi connectivity index (χ4v) is 2.77. The van der Waals surface area contributed by atoms with Crippen LogP contribution in [0.2, 0.25) is 0 Å². The van der Waals surface area contributed by atoms with Crippen molar-refractivity contribution in [2.45, 2.75) is 39.5 Å². The number of nitrogens with one attached hydrogen (secondary N) is 1. The van der Waals surface area contributed by atoms with Gasteiger partial charge in [-0.2, -0.15) is 0 Å². The SMILES string of the molecule is CCCc1nc(-c2cccc3c2OCCC3)c(C)c(=O)[nH]1. The van der Waals surface area contributed by atoms with Crippen LogP contribution in [0.25, 0.3) is 11.3 Å². The van der Waals surface area contributed by atoms with E-state index in [2.05, 4.69) is 23.0 Å². The summed E-state index contributed by atoms with van der Waals surface area (Å²) < 4.78 is 5.85. The van der Waals surface area contributed by atoms with Gasteiger partial charge in [0.15, 0.2) is 0 Å². The Kier molecular flexibility index (Phi) is 3.78. The minimum Gasteiger partial charge on any atom is -0.493 e. The summed E-state index contributed by atoms with van der Waals surface area (Å²) in [6.07, 6.45) is 3.79. The molecule has 2 heterocycles. The third-order valence-electron chi connectivity index (χ3n) is 3.88. The molecule has 1 aliphatic heterocycles. The highest BCUT2D eigenvalue weighted by Crippen LogP contribution is 2.35. The molecule has 1 aromatic heterocycles. The van der Waals surface area contributed by atoms with Crippen LogP contribution in [0.1, 0.15) is 36.7 Å². The van der Waals surface area contributed by atoms with Gasteiger partial charge in [0.1, 0.15) is 11.6 Å². The molecule has 0 fully saturated rings. The number of ether oxygens (including phenoxy) is 1. The second-order valence-electron chi connectivity index (χ2n) is 5.48. The Morgan fingerprint density at radius 3 is 3.05 bits per heavy atom. The van der Waals surface area contributed by atoms with Crippen molar-refractivity contribution in [1.29, 1.82) is 0 Å². The summed E-state index contributed by atoms with van der Waals surface area (Å²) in [4.78, 5) is 19.7. The van der Waals surface area contributed by atoms with Crippen molar-refractivity contribution in [3.8, 4) is 17.0 Å². The molecule has 0 atom stereocenters. The molecule has 2 aromatic rings. The van der Waals surface area contributed by atoms with Gasteiger partial charge in [0.05, 0.1) is 12.3 Å². The quantitative estimate of drug-likeness (QED) is 0.942. The van der Waals surface area contributed by atoms with Crippen molar-refractivity contribution in [2.24, 2.45) is 0 Å². The molecule has 3 rings (SSSR count). The van der Waals surface area contributed by atoms with Crippen molar-refractivity contribution in [2.75, 3.05) is 6.61 Å². The highest BCUT2D eigenvalue weighted by Gasteiger charge is 2.19. The zero-order valence-electron chi connectivity index (χ0n) is 12.5. The number of hydrogen-bond acceptors (Lipinski definition) is 3. The minimum absolute atomic E-state index is 0.0585. The van der Waals surface area contributed by atoms with Crippen molar-refractivity contribution in [1.82, 2.24) is 9.97 Å². The van der Waals surface area contributed by atoms with Gasteiger partial charge >= 0.3 is 0 Å². The summed E-state index contributed by atoms with van der Waals surface area (Å²) in [6, 6.07) is 6.10. The predicted molar refractivity (Wildman–Crippen MR) is 82.8 cm³/mol. The molecule has 1 aromatic carbocycles. The van der Waals surface area contributed by atoms with Gasteiger partial charge in [0, 0.05) is 17.5 Å². The number of nitrogens with zero attached hydrogens (tertiary/aromatic N) is 1. The number of fused-ring (bicyclic) bond motifs is 1. The fourth-order valence-electron chi connectivity index (χ4n) is 2.77. The van der Waals surface area contributed by atoms with Gasteiger partial charge in [-0.1, -0.05) is 19.1 Å². The number of aromatic nitrogens is 2. The van der Waals surface area contributed by atoms with Crippen molar-refractivity contribution < 1.29 is 4.74 Å². The van der Waals surface area contributed by atoms with E-state index >= 15 is 0 Å². The van der Waals surface area contributed by atoms with Crippen molar-refractivity contribution in [3.63, 3.8) is 0 Å². The number of H-pyrrole nitrogens is 1. The Bertz CT molecular complexity index is 719. The molecule has 0 saturated carbocycles. The van der Waals surface area contributed by atoms with Crippen LogP contribution in [0.3, 0.4) is 0 Å². The summed E-state index contributed by atoms with van der Waals surface area (Å²) >= 11 is 0. The van der Waals surface area contributed by atoms with E-state index in [4.69, 9.17) is 4.74 Å². The number of aryl methyl sites for hydroxylation is 2. The standard InChI is InChI=1S/C17H20N2O2/c1-3-6-14-18-15(11(2)17(20)19-14)13-9-4-7-12-8-5-10-21-16(12)13/h4,7,9H,3,5-6,8,10H2,1-2H3,(H,18,19,20). The monoisotopic (exact) mass is 284 g/mol. The lowest BCUT2D eigenvalue weighted by atomic mass is 9.99. The maximum Gasteiger partial charge on any atom is 0.254 e. The molecule has 0 bridgehead atoms. The van der Waals surface area contributed by atoms with E-state index in [0.717, 1.165) is 55.1 Å². The maximum absolute atomic E-state index is 12.1. The lowest BCUT2D eigenvalue weighted by molar-refractivity contribution is 0.289. The Hall–Kier alpha value is -2.10. The Labute approximate surface area is 124 Å². The van der Waals surface area contributed by atoms with Gasteiger partial charge in [-0.25, -0.2) is 4.98 Å². The van der Waals surface area contributed by atoms with Crippen LogP contribution in [-0.4, -0.2) is 16.6 Å². The molecule has 1 aliphatic rings. The summed E-state index contributed by atoms with van der Waals surface area (Å²) in [5, 5.41) is 0. The van der Waals surface area contributed by atoms with E-state index in [1.165, 1.54) is 5.56 Å². The van der Waals surface area contributed by atoms with Crippen LogP contribution in [0.4, 0.5) is 0 Å². The fraction of sp³-hybridized carbons (Fsp3) is 0.412. The first kappa shape index (κ1) is 13.9. The second kappa shape index (κ2) is 5.72. The third kappa shape index (κ3) is 2.58. The van der Waals surface area contributed by atoms with Gasteiger partial charge in [0.2, 0.25) is 0 Å². The van der Waals surface area contributed by atoms with E-state index in [1.54, 1.807) is 0 Å². The van der Waals surface area contributed by atoms with E-state index in [1.807, 2.05) is 19.1 Å². The number of hydrogen-bond donors (Lipinski definition) is 1. The molecular weight excluding hydrogens is 264 g/mol. The molecule has 1 N–H and O–H groups in total. The molecule has 110 valence electrons. The lowest BCUT2D eigenvalue weighted by Crippen LogP contribution is -2.17. The molecule has 0 spiro atoms. The summed E-state index contributed by atoms with van der Waals surface area (Å²) in [5.41, 5.74) is 3.49. The Morgan fingerprint density at radius 1 is 1.38 bits per heavy atom. The second-order valence-corrected chi connectivity index (χ2v) is 5.48. The maximum atomic E-state index is 12.1. The van der Waals surface area contributed by atoms with Gasteiger partial charge in [-0.05, 0) is 37.8 Å². The van der Waals surface area contributed by atoms with Gasteiger partial charge in [0.25, 0.3) is 5.56 Å². The van der Waals surface area contributed by atoms with Crippen LogP contribution in [0.15, 0.2) is 23.0 Å². The zero-order valence-corrected chi connectivity index (χ0v) is 12.5. The normalized spacial score (nSPS) is 13.6. The molecule has 0 unspecified atom stereocenters. The molecule has 0 saturated heterocycles. The summed E-state index contributed by atoms with van der Waals surface area (Å²) in [6.45, 7) is 4.63. The highest BCUT2D eigenvalue weighted by molar-refractivity contribution is 5.71. The minimum atomic E-state index is -0.0585. The summed E-state index contributed by atoms with van der Waals surface area (Å²) in [5.74, 6) is 1.64. The lowest BCUT2D eigenvalue weighted by Gasteiger charge is -2.20. The van der Waals surface area contributed by atoms with Crippen LogP contribution in [-0.2, 0) is 12.8 Å². The van der Waals surface area contributed by atoms with Crippen LogP contribution in [0.5, 0.6) is 5.75 Å². The van der Waals surface area contributed by atoms with E-state index in [9.17, 15) is 4.79 Å². The number of benzene rings is 1. The van der Waals surface area contributed by atoms with Crippen molar-refractivity contribution in [3.05, 3.63) is 45.5 Å². The van der Waals surface area contributed by atoms with Gasteiger partial charge < -0.3 is 9.72 Å². The van der Waals surface area contributed by atoms with Gasteiger partial charge in [-0.3, -0.25) is 4.79 Å². The predicted octanol–water partition coefficient (Wildman–Crippen LogP) is 3.02. The average molecular weight is 284 g/mol. The highest BCUT2D eigenvalue weighted by atomic mass is 16.5. The van der Waals surface area contributed by atoms with Crippen LogP contribution < -0.4 is 10.3 Å². The molecule has 0 amide bonds. The first-order chi connectivity index (χ1) is 10.2. The first-order valence-corrected chi connectivity index (χ1v) is 7.55. The van der Waals surface area contributed by atoms with E-state index in [0.29, 0.717) is 5.56 Å². The number of aromatic amines is 1. The van der Waals surface area contributed by atoms with Crippen LogP contribution >= 0.6 is 0 Å². The smallest absolute Gasteiger partial charge is 0.254 e. The van der Waals surface area contributed by atoms with Crippen LogP contribution in [0, 0.1) is 6.92 Å². The van der Waals surface area contributed by atoms with Crippen molar-refractivity contribution >= 4 is 0 Å². The topological polar surface area (TPSA) is 55.0 Å². The molecule has 0 radical (unpaired) electrons. The largest absolute Gasteiger partial charge is 0.493 e. The molecule has 4 nitrogen and oxygen atoms in total.